The minimum absolute atomic E-state index is 0.0377. The largest absolute Gasteiger partial charge is 0.325 e. The number of benzene rings is 2. The van der Waals surface area contributed by atoms with E-state index in [1.165, 1.54) is 28.5 Å². The average molecular weight is 452 g/mol. The third-order valence-corrected chi connectivity index (χ3v) is 7.48. The molecule has 29 heavy (non-hydrogen) atoms. The Morgan fingerprint density at radius 3 is 2.55 bits per heavy atom. The molecule has 0 aliphatic carbocycles. The molecule has 1 amide bonds. The monoisotopic (exact) mass is 451 g/mol. The molecule has 10 heteroatoms. The van der Waals surface area contributed by atoms with Crippen molar-refractivity contribution >= 4 is 60.6 Å². The van der Waals surface area contributed by atoms with E-state index in [1.54, 1.807) is 45.2 Å². The van der Waals surface area contributed by atoms with Crippen LogP contribution in [0.15, 0.2) is 51.0 Å². The van der Waals surface area contributed by atoms with Crippen LogP contribution >= 0.6 is 23.1 Å². The number of hydrogen-bond acceptors (Lipinski definition) is 6. The molecule has 0 bridgehead atoms. The van der Waals surface area contributed by atoms with Gasteiger partial charge in [-0.25, -0.2) is 8.42 Å². The number of nitrogens with one attached hydrogen (secondary N) is 2. The van der Waals surface area contributed by atoms with Crippen molar-refractivity contribution in [3.8, 4) is 0 Å². The van der Waals surface area contributed by atoms with Gasteiger partial charge in [-0.05, 0) is 42.7 Å². The number of nitrogens with zero attached hydrogens (tertiary/aromatic N) is 1. The number of anilines is 2. The molecule has 0 saturated heterocycles. The highest BCUT2D eigenvalue weighted by atomic mass is 32.2. The van der Waals surface area contributed by atoms with Crippen molar-refractivity contribution in [1.29, 1.82) is 0 Å². The fourth-order valence-electron chi connectivity index (χ4n) is 2.64. The lowest BCUT2D eigenvalue weighted by Gasteiger charge is -2.14. The topological polar surface area (TPSA) is 97.3 Å². The van der Waals surface area contributed by atoms with E-state index in [9.17, 15) is 18.0 Å². The number of sulfonamides is 1. The van der Waals surface area contributed by atoms with Crippen LogP contribution in [0.25, 0.3) is 10.2 Å². The van der Waals surface area contributed by atoms with Gasteiger partial charge in [-0.3, -0.25) is 14.3 Å². The maximum Gasteiger partial charge on any atom is 0.307 e. The molecule has 0 atom stereocenters. The Balaban J connectivity index is 1.94. The second kappa shape index (κ2) is 8.21. The predicted octanol–water partition coefficient (Wildman–Crippen LogP) is 3.72. The zero-order valence-corrected chi connectivity index (χ0v) is 18.8. The van der Waals surface area contributed by atoms with Crippen LogP contribution in [-0.4, -0.2) is 25.1 Å². The molecule has 0 aliphatic heterocycles. The van der Waals surface area contributed by atoms with E-state index in [-0.39, 0.29) is 21.6 Å². The summed E-state index contributed by atoms with van der Waals surface area (Å²) in [7, 11) is -2.21. The molecule has 0 spiro atoms. The first kappa shape index (κ1) is 21.4. The summed E-state index contributed by atoms with van der Waals surface area (Å²) < 4.78 is 30.5. The number of amides is 1. The first-order valence-electron chi connectivity index (χ1n) is 8.73. The zero-order chi connectivity index (χ0) is 21.3. The summed E-state index contributed by atoms with van der Waals surface area (Å²) in [6.45, 7) is 3.54. The summed E-state index contributed by atoms with van der Waals surface area (Å²) in [5.41, 5.74) is 1.56. The van der Waals surface area contributed by atoms with E-state index in [0.717, 1.165) is 21.7 Å². The second-order valence-electron chi connectivity index (χ2n) is 6.72. The number of fused-ring (bicyclic) bond motifs is 1. The summed E-state index contributed by atoms with van der Waals surface area (Å²) in [5, 5.41) is 2.78. The summed E-state index contributed by atoms with van der Waals surface area (Å²) in [4.78, 5) is 24.6. The number of aromatic nitrogens is 1. The van der Waals surface area contributed by atoms with Crippen molar-refractivity contribution in [3.63, 3.8) is 0 Å². The lowest BCUT2D eigenvalue weighted by Crippen LogP contribution is -2.19. The Kier molecular flexibility index (Phi) is 6.06. The molecular weight excluding hydrogens is 430 g/mol. The molecule has 0 saturated carbocycles. The fraction of sp³-hybridized carbons (Fsp3) is 0.263. The molecular formula is C19H21N3O4S3. The molecule has 0 radical (unpaired) electrons. The van der Waals surface area contributed by atoms with Crippen molar-refractivity contribution in [3.05, 3.63) is 46.1 Å². The van der Waals surface area contributed by atoms with E-state index in [2.05, 4.69) is 10.0 Å². The Hall–Kier alpha value is -2.30. The molecule has 154 valence electrons. The number of rotatable bonds is 6. The summed E-state index contributed by atoms with van der Waals surface area (Å²) in [5.74, 6) is -0.417. The van der Waals surface area contributed by atoms with Crippen LogP contribution in [0, 0.1) is 5.92 Å². The highest BCUT2D eigenvalue weighted by Gasteiger charge is 2.18. The van der Waals surface area contributed by atoms with Gasteiger partial charge in [0.25, 0.3) is 10.0 Å². The number of carbonyl (C=O) groups is 1. The average Bonchev–Trinajstić information content (AvgIpc) is 2.94. The maximum atomic E-state index is 12.9. The molecule has 2 N–H and O–H groups in total. The van der Waals surface area contributed by atoms with E-state index in [0.29, 0.717) is 16.1 Å². The standard InChI is InChI=1S/C19H21N3O4S3/c1-11(2)18(23)20-14-10-13(6-8-16(14)27-4)29(25,26)21-12-5-7-15-17(9-12)28-19(24)22(15)3/h5-11,21H,1-4H3,(H,20,23). The van der Waals surface area contributed by atoms with Crippen LogP contribution in [0.5, 0.6) is 0 Å². The van der Waals surface area contributed by atoms with Gasteiger partial charge in [-0.1, -0.05) is 25.2 Å². The van der Waals surface area contributed by atoms with Crippen LogP contribution in [0.1, 0.15) is 13.8 Å². The van der Waals surface area contributed by atoms with Gasteiger partial charge in [-0.2, -0.15) is 0 Å². The van der Waals surface area contributed by atoms with Gasteiger partial charge in [0.15, 0.2) is 0 Å². The minimum atomic E-state index is -3.88. The molecule has 1 aromatic heterocycles. The van der Waals surface area contributed by atoms with Crippen LogP contribution in [-0.2, 0) is 21.9 Å². The van der Waals surface area contributed by atoms with Crippen LogP contribution in [0.3, 0.4) is 0 Å². The SMILES string of the molecule is CSc1ccc(S(=O)(=O)Nc2ccc3c(c2)sc(=O)n3C)cc1NC(=O)C(C)C. The number of thioether (sulfide) groups is 1. The second-order valence-corrected chi connectivity index (χ2v) is 10.2. The van der Waals surface area contributed by atoms with Gasteiger partial charge in [0.1, 0.15) is 0 Å². The highest BCUT2D eigenvalue weighted by molar-refractivity contribution is 7.98. The smallest absolute Gasteiger partial charge is 0.307 e. The Morgan fingerprint density at radius 1 is 1.17 bits per heavy atom. The zero-order valence-electron chi connectivity index (χ0n) is 16.3. The number of hydrogen-bond donors (Lipinski definition) is 2. The Bertz CT molecular complexity index is 1240. The molecule has 3 rings (SSSR count). The van der Waals surface area contributed by atoms with Crippen LogP contribution in [0.4, 0.5) is 11.4 Å². The van der Waals surface area contributed by atoms with E-state index >= 15 is 0 Å². The van der Waals surface area contributed by atoms with Crippen molar-refractivity contribution in [2.24, 2.45) is 13.0 Å². The van der Waals surface area contributed by atoms with Gasteiger partial charge in [0.05, 0.1) is 26.5 Å². The lowest BCUT2D eigenvalue weighted by atomic mass is 10.2. The predicted molar refractivity (Wildman–Crippen MR) is 120 cm³/mol. The Labute approximate surface area is 177 Å². The minimum Gasteiger partial charge on any atom is -0.325 e. The fourth-order valence-corrected chi connectivity index (χ4v) is 5.17. The number of aryl methyl sites for hydroxylation is 1. The molecule has 2 aromatic carbocycles. The van der Waals surface area contributed by atoms with E-state index in [4.69, 9.17) is 0 Å². The van der Waals surface area contributed by atoms with E-state index < -0.39 is 10.0 Å². The summed E-state index contributed by atoms with van der Waals surface area (Å²) >= 11 is 2.47. The summed E-state index contributed by atoms with van der Waals surface area (Å²) in [6, 6.07) is 9.57. The van der Waals surface area contributed by atoms with Crippen molar-refractivity contribution in [1.82, 2.24) is 4.57 Å². The number of thiazole rings is 1. The summed E-state index contributed by atoms with van der Waals surface area (Å²) in [6.07, 6.45) is 1.85. The van der Waals surface area contributed by atoms with Crippen molar-refractivity contribution in [2.45, 2.75) is 23.6 Å². The molecule has 0 aliphatic rings. The van der Waals surface area contributed by atoms with Crippen molar-refractivity contribution in [2.75, 3.05) is 16.3 Å². The van der Waals surface area contributed by atoms with Gasteiger partial charge in [-0.15, -0.1) is 11.8 Å². The quantitative estimate of drug-likeness (QED) is 0.557. The van der Waals surface area contributed by atoms with Gasteiger partial charge in [0, 0.05) is 17.9 Å². The van der Waals surface area contributed by atoms with E-state index in [1.807, 2.05) is 6.26 Å². The van der Waals surface area contributed by atoms with Crippen LogP contribution in [0.2, 0.25) is 0 Å². The lowest BCUT2D eigenvalue weighted by molar-refractivity contribution is -0.118. The first-order chi connectivity index (χ1) is 13.6. The van der Waals surface area contributed by atoms with Crippen LogP contribution < -0.4 is 14.9 Å². The third-order valence-electron chi connectivity index (χ3n) is 4.31. The number of carbonyl (C=O) groups excluding carboxylic acids is 1. The van der Waals surface area contributed by atoms with Crippen molar-refractivity contribution < 1.29 is 13.2 Å². The molecule has 0 unspecified atom stereocenters. The maximum absolute atomic E-state index is 12.9. The molecule has 0 fully saturated rings. The third kappa shape index (κ3) is 4.49. The first-order valence-corrected chi connectivity index (χ1v) is 12.3. The normalized spacial score (nSPS) is 11.8. The molecule has 7 nitrogen and oxygen atoms in total. The highest BCUT2D eigenvalue weighted by Crippen LogP contribution is 2.30. The molecule has 3 aromatic rings. The van der Waals surface area contributed by atoms with Gasteiger partial charge in [0.2, 0.25) is 5.91 Å². The molecule has 1 heterocycles. The Morgan fingerprint density at radius 2 is 1.90 bits per heavy atom. The van der Waals surface area contributed by atoms with Gasteiger partial charge < -0.3 is 9.88 Å². The van der Waals surface area contributed by atoms with Gasteiger partial charge >= 0.3 is 4.87 Å².